The highest BCUT2D eigenvalue weighted by Gasteiger charge is 2.16. The highest BCUT2D eigenvalue weighted by Crippen LogP contribution is 2.24. The Morgan fingerprint density at radius 1 is 1.09 bits per heavy atom. The van der Waals surface area contributed by atoms with Crippen LogP contribution in [0.3, 0.4) is 0 Å². The van der Waals surface area contributed by atoms with Crippen LogP contribution in [0.15, 0.2) is 73.6 Å². The highest BCUT2D eigenvalue weighted by atomic mass is 16.2. The number of carbonyl (C=O) groups excluding carboxylic acids is 1. The number of aromatic amines is 2. The topological polar surface area (TPSA) is 122 Å². The molecule has 3 N–H and O–H groups in total. The summed E-state index contributed by atoms with van der Waals surface area (Å²) in [5, 5.41) is 21.9. The van der Waals surface area contributed by atoms with E-state index in [1.807, 2.05) is 59.4 Å². The molecule has 6 aromatic rings. The molecular formula is C22H17N9O. The molecule has 0 aliphatic rings. The van der Waals surface area contributed by atoms with Crippen molar-refractivity contribution in [1.29, 1.82) is 0 Å². The minimum atomic E-state index is -0.306. The molecule has 0 saturated heterocycles. The molecule has 6 rings (SSSR count). The first-order valence-corrected chi connectivity index (χ1v) is 9.97. The van der Waals surface area contributed by atoms with Crippen LogP contribution in [0, 0.1) is 0 Å². The Labute approximate surface area is 180 Å². The van der Waals surface area contributed by atoms with Gasteiger partial charge in [-0.1, -0.05) is 12.1 Å². The third-order valence-electron chi connectivity index (χ3n) is 5.24. The molecule has 0 saturated carbocycles. The summed E-state index contributed by atoms with van der Waals surface area (Å²) >= 11 is 0. The van der Waals surface area contributed by atoms with E-state index in [0.29, 0.717) is 17.9 Å². The number of pyridine rings is 1. The van der Waals surface area contributed by atoms with Gasteiger partial charge in [-0.05, 0) is 29.8 Å². The van der Waals surface area contributed by atoms with E-state index in [2.05, 4.69) is 35.8 Å². The van der Waals surface area contributed by atoms with Gasteiger partial charge in [-0.3, -0.25) is 19.7 Å². The lowest BCUT2D eigenvalue weighted by Gasteiger charge is -2.01. The van der Waals surface area contributed by atoms with Crippen molar-refractivity contribution < 1.29 is 4.79 Å². The number of carbonyl (C=O) groups is 1. The Hall–Kier alpha value is -4.73. The summed E-state index contributed by atoms with van der Waals surface area (Å²) in [7, 11) is 0. The van der Waals surface area contributed by atoms with Gasteiger partial charge in [-0.15, -0.1) is 0 Å². The van der Waals surface area contributed by atoms with Crippen LogP contribution in [0.5, 0.6) is 0 Å². The van der Waals surface area contributed by atoms with Crippen LogP contribution in [-0.2, 0) is 6.54 Å². The SMILES string of the molecule is O=C(Nc1cnn(Cc2cn3ccccc3n2)c1)c1n[nH]c2cc(-c3cn[nH]c3)ccc12. The number of benzene rings is 1. The number of rotatable bonds is 5. The zero-order valence-electron chi connectivity index (χ0n) is 16.7. The lowest BCUT2D eigenvalue weighted by molar-refractivity contribution is 0.102. The fraction of sp³-hybridized carbons (Fsp3) is 0.0455. The molecular weight excluding hydrogens is 406 g/mol. The Kier molecular flexibility index (Phi) is 4.07. The molecule has 0 fully saturated rings. The van der Waals surface area contributed by atoms with E-state index in [0.717, 1.165) is 33.4 Å². The minimum Gasteiger partial charge on any atom is -0.318 e. The Balaban J connectivity index is 1.19. The predicted octanol–water partition coefficient (Wildman–Crippen LogP) is 3.10. The molecule has 0 bridgehead atoms. The fourth-order valence-corrected chi connectivity index (χ4v) is 3.72. The van der Waals surface area contributed by atoms with Gasteiger partial charge in [0.05, 0.1) is 35.8 Å². The number of fused-ring (bicyclic) bond motifs is 2. The van der Waals surface area contributed by atoms with Crippen molar-refractivity contribution in [3.63, 3.8) is 0 Å². The number of hydrogen-bond donors (Lipinski definition) is 3. The quantitative estimate of drug-likeness (QED) is 0.393. The second-order valence-electron chi connectivity index (χ2n) is 7.40. The van der Waals surface area contributed by atoms with Gasteiger partial charge in [0.15, 0.2) is 5.69 Å². The summed E-state index contributed by atoms with van der Waals surface area (Å²) in [6, 6.07) is 11.6. The van der Waals surface area contributed by atoms with Crippen LogP contribution in [0.4, 0.5) is 5.69 Å². The Bertz CT molecular complexity index is 1520. The number of hydrogen-bond acceptors (Lipinski definition) is 5. The molecule has 0 unspecified atom stereocenters. The monoisotopic (exact) mass is 423 g/mol. The van der Waals surface area contributed by atoms with Crippen LogP contribution >= 0.6 is 0 Å². The number of amides is 1. The number of nitrogens with zero attached hydrogens (tertiary/aromatic N) is 6. The van der Waals surface area contributed by atoms with Crippen molar-refractivity contribution in [3.8, 4) is 11.1 Å². The van der Waals surface area contributed by atoms with Gasteiger partial charge in [0, 0.05) is 35.7 Å². The number of H-pyrrole nitrogens is 2. The molecule has 0 spiro atoms. The molecule has 1 aromatic carbocycles. The number of anilines is 1. The molecule has 5 heterocycles. The maximum Gasteiger partial charge on any atom is 0.276 e. The molecule has 0 aliphatic heterocycles. The standard InChI is InChI=1S/C22H17N9O/c32-22(21-18-5-4-14(7-19(18)28-29-21)15-8-23-24-9-15)27-16-10-25-31(12-16)13-17-11-30-6-2-1-3-20(30)26-17/h1-12H,13H2,(H,23,24)(H,27,32)(H,28,29). The van der Waals surface area contributed by atoms with Crippen molar-refractivity contribution >= 4 is 28.1 Å². The van der Waals surface area contributed by atoms with Crippen molar-refractivity contribution in [2.24, 2.45) is 0 Å². The predicted molar refractivity (Wildman–Crippen MR) is 118 cm³/mol. The molecule has 32 heavy (non-hydrogen) atoms. The first-order chi connectivity index (χ1) is 15.7. The van der Waals surface area contributed by atoms with Crippen LogP contribution in [0.1, 0.15) is 16.2 Å². The lowest BCUT2D eigenvalue weighted by Crippen LogP contribution is -2.12. The van der Waals surface area contributed by atoms with Crippen molar-refractivity contribution in [3.05, 3.63) is 85.0 Å². The van der Waals surface area contributed by atoms with Gasteiger partial charge in [0.25, 0.3) is 5.91 Å². The van der Waals surface area contributed by atoms with E-state index in [4.69, 9.17) is 0 Å². The van der Waals surface area contributed by atoms with E-state index in [9.17, 15) is 4.79 Å². The number of aromatic nitrogens is 8. The average Bonchev–Trinajstić information content (AvgIpc) is 3.59. The van der Waals surface area contributed by atoms with Gasteiger partial charge in [0.1, 0.15) is 5.65 Å². The van der Waals surface area contributed by atoms with Crippen LogP contribution in [-0.4, -0.2) is 45.5 Å². The zero-order valence-corrected chi connectivity index (χ0v) is 16.7. The summed E-state index contributed by atoms with van der Waals surface area (Å²) in [5.74, 6) is -0.306. The van der Waals surface area contributed by atoms with Gasteiger partial charge in [-0.2, -0.15) is 15.3 Å². The summed E-state index contributed by atoms with van der Waals surface area (Å²) < 4.78 is 3.69. The smallest absolute Gasteiger partial charge is 0.276 e. The van der Waals surface area contributed by atoms with Gasteiger partial charge >= 0.3 is 0 Å². The number of nitrogens with one attached hydrogen (secondary N) is 3. The van der Waals surface area contributed by atoms with Gasteiger partial charge in [0.2, 0.25) is 0 Å². The summed E-state index contributed by atoms with van der Waals surface area (Å²) in [6.07, 6.45) is 10.9. The summed E-state index contributed by atoms with van der Waals surface area (Å²) in [6.45, 7) is 0.500. The Morgan fingerprint density at radius 2 is 2.06 bits per heavy atom. The van der Waals surface area contributed by atoms with Crippen molar-refractivity contribution in [2.45, 2.75) is 6.54 Å². The molecule has 1 amide bonds. The third kappa shape index (κ3) is 3.19. The maximum absolute atomic E-state index is 12.8. The number of imidazole rings is 1. The van der Waals surface area contributed by atoms with E-state index in [1.54, 1.807) is 23.3 Å². The second kappa shape index (κ2) is 7.20. The fourth-order valence-electron chi connectivity index (χ4n) is 3.72. The zero-order chi connectivity index (χ0) is 21.5. The van der Waals surface area contributed by atoms with Crippen LogP contribution in [0.2, 0.25) is 0 Å². The third-order valence-corrected chi connectivity index (χ3v) is 5.24. The average molecular weight is 423 g/mol. The molecule has 10 heteroatoms. The van der Waals surface area contributed by atoms with Gasteiger partial charge in [-0.25, -0.2) is 4.98 Å². The lowest BCUT2D eigenvalue weighted by atomic mass is 10.1. The largest absolute Gasteiger partial charge is 0.318 e. The Morgan fingerprint density at radius 3 is 2.94 bits per heavy atom. The first kappa shape index (κ1) is 18.1. The minimum absolute atomic E-state index is 0.306. The van der Waals surface area contributed by atoms with Crippen LogP contribution < -0.4 is 5.32 Å². The van der Waals surface area contributed by atoms with Crippen molar-refractivity contribution in [2.75, 3.05) is 5.32 Å². The van der Waals surface area contributed by atoms with Crippen LogP contribution in [0.25, 0.3) is 27.7 Å². The van der Waals surface area contributed by atoms with E-state index in [-0.39, 0.29) is 5.91 Å². The normalized spacial score (nSPS) is 11.4. The molecule has 5 aromatic heterocycles. The first-order valence-electron chi connectivity index (χ1n) is 9.97. The molecule has 0 aliphatic carbocycles. The highest BCUT2D eigenvalue weighted by molar-refractivity contribution is 6.11. The molecule has 10 nitrogen and oxygen atoms in total. The van der Waals surface area contributed by atoms with E-state index >= 15 is 0 Å². The van der Waals surface area contributed by atoms with Gasteiger partial charge < -0.3 is 9.72 Å². The summed E-state index contributed by atoms with van der Waals surface area (Å²) in [5.41, 5.74) is 5.39. The van der Waals surface area contributed by atoms with Crippen molar-refractivity contribution in [1.82, 2.24) is 39.6 Å². The summed E-state index contributed by atoms with van der Waals surface area (Å²) in [4.78, 5) is 17.4. The molecule has 156 valence electrons. The van der Waals surface area contributed by atoms with E-state index in [1.165, 1.54) is 0 Å². The molecule has 0 radical (unpaired) electrons. The molecule has 0 atom stereocenters. The second-order valence-corrected chi connectivity index (χ2v) is 7.40. The maximum atomic E-state index is 12.8. The van der Waals surface area contributed by atoms with E-state index < -0.39 is 0 Å².